The number of nitrogens with one attached hydrogen (secondary N) is 2. The number of aromatic amines is 1. The van der Waals surface area contributed by atoms with Gasteiger partial charge in [0.05, 0.1) is 5.69 Å². The number of hydrogen-bond donors (Lipinski definition) is 2. The van der Waals surface area contributed by atoms with Crippen molar-refractivity contribution in [1.29, 1.82) is 0 Å². The molecule has 0 saturated heterocycles. The predicted octanol–water partition coefficient (Wildman–Crippen LogP) is 1.11. The van der Waals surface area contributed by atoms with Gasteiger partial charge in [-0.1, -0.05) is 6.92 Å². The fraction of sp³-hybridized carbons (Fsp3) is 0.750. The lowest BCUT2D eigenvalue weighted by molar-refractivity contribution is 0.336. The van der Waals surface area contributed by atoms with E-state index in [2.05, 4.69) is 48.2 Å². The molecule has 1 rings (SSSR count). The van der Waals surface area contributed by atoms with Gasteiger partial charge in [0.25, 0.3) is 0 Å². The van der Waals surface area contributed by atoms with E-state index in [1.165, 1.54) is 11.3 Å². The van der Waals surface area contributed by atoms with Gasteiger partial charge in [0.15, 0.2) is 0 Å². The van der Waals surface area contributed by atoms with Crippen molar-refractivity contribution in [3.63, 3.8) is 0 Å². The summed E-state index contributed by atoms with van der Waals surface area (Å²) in [4.78, 5) is 2.36. The zero-order valence-corrected chi connectivity index (χ0v) is 10.9. The Hall–Kier alpha value is -0.870. The highest BCUT2D eigenvalue weighted by molar-refractivity contribution is 5.23. The lowest BCUT2D eigenvalue weighted by Gasteiger charge is -2.16. The van der Waals surface area contributed by atoms with Crippen LogP contribution in [0, 0.1) is 13.8 Å². The molecule has 4 nitrogen and oxygen atoms in total. The molecule has 0 fully saturated rings. The molecular formula is C12H24N4. The minimum atomic E-state index is 1.05. The van der Waals surface area contributed by atoms with Crippen LogP contribution < -0.4 is 5.32 Å². The Labute approximate surface area is 98.4 Å². The lowest BCUT2D eigenvalue weighted by Crippen LogP contribution is -2.30. The van der Waals surface area contributed by atoms with E-state index in [0.717, 1.165) is 38.3 Å². The van der Waals surface area contributed by atoms with E-state index in [9.17, 15) is 0 Å². The molecule has 0 amide bonds. The molecule has 0 aliphatic rings. The molecule has 1 aromatic heterocycles. The fourth-order valence-corrected chi connectivity index (χ4v) is 1.80. The summed E-state index contributed by atoms with van der Waals surface area (Å²) in [5.74, 6) is 0. The highest BCUT2D eigenvalue weighted by Crippen LogP contribution is 2.09. The van der Waals surface area contributed by atoms with Crippen LogP contribution in [0.2, 0.25) is 0 Å². The van der Waals surface area contributed by atoms with Gasteiger partial charge >= 0.3 is 0 Å². The summed E-state index contributed by atoms with van der Waals surface area (Å²) in [5.41, 5.74) is 3.71. The van der Waals surface area contributed by atoms with Gasteiger partial charge in [0.1, 0.15) is 0 Å². The maximum Gasteiger partial charge on any atom is 0.0626 e. The molecule has 1 aromatic rings. The number of rotatable bonds is 7. The summed E-state index contributed by atoms with van der Waals surface area (Å²) in [5, 5.41) is 10.6. The first-order chi connectivity index (χ1) is 7.65. The number of H-pyrrole nitrogens is 1. The second kappa shape index (κ2) is 6.66. The molecule has 0 saturated carbocycles. The highest BCUT2D eigenvalue weighted by atomic mass is 15.1. The molecule has 0 bridgehead atoms. The molecule has 92 valence electrons. The Morgan fingerprint density at radius 1 is 1.31 bits per heavy atom. The van der Waals surface area contributed by atoms with Crippen molar-refractivity contribution in [2.45, 2.75) is 27.2 Å². The summed E-state index contributed by atoms with van der Waals surface area (Å²) < 4.78 is 0. The van der Waals surface area contributed by atoms with Crippen LogP contribution in [0.1, 0.15) is 23.9 Å². The van der Waals surface area contributed by atoms with Gasteiger partial charge in [-0.05, 0) is 39.4 Å². The Balaban J connectivity index is 2.28. The number of hydrogen-bond acceptors (Lipinski definition) is 3. The smallest absolute Gasteiger partial charge is 0.0626 e. The maximum atomic E-state index is 4.21. The molecular weight excluding hydrogens is 200 g/mol. The molecule has 2 N–H and O–H groups in total. The van der Waals surface area contributed by atoms with Crippen LogP contribution in [0.5, 0.6) is 0 Å². The number of aromatic nitrogens is 2. The Morgan fingerprint density at radius 3 is 2.62 bits per heavy atom. The van der Waals surface area contributed by atoms with Crippen molar-refractivity contribution >= 4 is 0 Å². The summed E-state index contributed by atoms with van der Waals surface area (Å²) in [6.45, 7) is 10.6. The van der Waals surface area contributed by atoms with Crippen molar-refractivity contribution in [2.75, 3.05) is 33.2 Å². The summed E-state index contributed by atoms with van der Waals surface area (Å²) in [6.07, 6.45) is 1.08. The third-order valence-electron chi connectivity index (χ3n) is 2.94. The molecule has 1 heterocycles. The molecule has 0 spiro atoms. The molecule has 0 aromatic carbocycles. The minimum Gasteiger partial charge on any atom is -0.316 e. The van der Waals surface area contributed by atoms with Crippen molar-refractivity contribution in [2.24, 2.45) is 0 Å². The number of likely N-dealkylation sites (N-methyl/N-ethyl adjacent to an activating group) is 2. The Bertz CT molecular complexity index is 286. The van der Waals surface area contributed by atoms with Crippen LogP contribution >= 0.6 is 0 Å². The van der Waals surface area contributed by atoms with Crippen molar-refractivity contribution in [3.8, 4) is 0 Å². The lowest BCUT2D eigenvalue weighted by atomic mass is 10.1. The van der Waals surface area contributed by atoms with Gasteiger partial charge in [-0.3, -0.25) is 5.10 Å². The van der Waals surface area contributed by atoms with Gasteiger partial charge in [-0.15, -0.1) is 0 Å². The third kappa shape index (κ3) is 3.94. The minimum absolute atomic E-state index is 1.05. The van der Waals surface area contributed by atoms with Gasteiger partial charge in [-0.2, -0.15) is 5.10 Å². The Morgan fingerprint density at radius 2 is 2.06 bits per heavy atom. The summed E-state index contributed by atoms with van der Waals surface area (Å²) in [6, 6.07) is 0. The quantitative estimate of drug-likeness (QED) is 0.682. The Kier molecular flexibility index (Phi) is 5.49. The van der Waals surface area contributed by atoms with E-state index >= 15 is 0 Å². The number of aryl methyl sites for hydroxylation is 2. The van der Waals surface area contributed by atoms with Crippen LogP contribution in [0.4, 0.5) is 0 Å². The van der Waals surface area contributed by atoms with Crippen LogP contribution in [0.25, 0.3) is 0 Å². The molecule has 16 heavy (non-hydrogen) atoms. The normalized spacial score (nSPS) is 11.3. The first-order valence-electron chi connectivity index (χ1n) is 6.04. The molecule has 0 aliphatic heterocycles. The van der Waals surface area contributed by atoms with Gasteiger partial charge in [-0.25, -0.2) is 0 Å². The van der Waals surface area contributed by atoms with Crippen LogP contribution in [0.15, 0.2) is 0 Å². The second-order valence-electron chi connectivity index (χ2n) is 4.32. The van der Waals surface area contributed by atoms with Crippen molar-refractivity contribution < 1.29 is 0 Å². The van der Waals surface area contributed by atoms with E-state index in [0.29, 0.717) is 0 Å². The van der Waals surface area contributed by atoms with Crippen LogP contribution in [-0.2, 0) is 6.42 Å². The van der Waals surface area contributed by atoms with Crippen molar-refractivity contribution in [3.05, 3.63) is 17.0 Å². The topological polar surface area (TPSA) is 44.0 Å². The molecule has 0 aliphatic carbocycles. The van der Waals surface area contributed by atoms with E-state index in [1.807, 2.05) is 0 Å². The average molecular weight is 224 g/mol. The van der Waals surface area contributed by atoms with E-state index < -0.39 is 0 Å². The SMILES string of the molecule is CCNCCN(C)CCc1c(C)n[nH]c1C. The first kappa shape index (κ1) is 13.2. The zero-order valence-electron chi connectivity index (χ0n) is 10.9. The first-order valence-corrected chi connectivity index (χ1v) is 6.04. The second-order valence-corrected chi connectivity index (χ2v) is 4.32. The van der Waals surface area contributed by atoms with Crippen molar-refractivity contribution in [1.82, 2.24) is 20.4 Å². The maximum absolute atomic E-state index is 4.21. The number of nitrogens with zero attached hydrogens (tertiary/aromatic N) is 2. The summed E-state index contributed by atoms with van der Waals surface area (Å²) in [7, 11) is 2.17. The summed E-state index contributed by atoms with van der Waals surface area (Å²) >= 11 is 0. The molecule has 4 heteroatoms. The molecule has 0 radical (unpaired) electrons. The standard InChI is InChI=1S/C12H24N4/c1-5-13-7-9-16(4)8-6-12-10(2)14-15-11(12)3/h13H,5-9H2,1-4H3,(H,14,15). The molecule has 0 atom stereocenters. The largest absolute Gasteiger partial charge is 0.316 e. The fourth-order valence-electron chi connectivity index (χ4n) is 1.80. The monoisotopic (exact) mass is 224 g/mol. The average Bonchev–Trinajstić information content (AvgIpc) is 2.57. The van der Waals surface area contributed by atoms with Crippen LogP contribution in [-0.4, -0.2) is 48.3 Å². The van der Waals surface area contributed by atoms with Crippen LogP contribution in [0.3, 0.4) is 0 Å². The van der Waals surface area contributed by atoms with E-state index in [-0.39, 0.29) is 0 Å². The van der Waals surface area contributed by atoms with Gasteiger partial charge < -0.3 is 10.2 Å². The van der Waals surface area contributed by atoms with Gasteiger partial charge in [0, 0.05) is 25.3 Å². The molecule has 0 unspecified atom stereocenters. The van der Waals surface area contributed by atoms with Gasteiger partial charge in [0.2, 0.25) is 0 Å². The predicted molar refractivity (Wildman–Crippen MR) is 67.8 cm³/mol. The zero-order chi connectivity index (χ0) is 12.0. The van der Waals surface area contributed by atoms with E-state index in [4.69, 9.17) is 0 Å². The highest BCUT2D eigenvalue weighted by Gasteiger charge is 2.07. The van der Waals surface area contributed by atoms with E-state index in [1.54, 1.807) is 0 Å². The third-order valence-corrected chi connectivity index (χ3v) is 2.94.